The molecular formula is C16H30ClP. The van der Waals surface area contributed by atoms with Crippen molar-refractivity contribution in [3.05, 3.63) is 0 Å². The molecule has 2 saturated carbocycles. The fourth-order valence-electron chi connectivity index (χ4n) is 3.66. The van der Waals surface area contributed by atoms with Crippen LogP contribution in [0.5, 0.6) is 0 Å². The average Bonchev–Trinajstić information content (AvgIpc) is 2.27. The van der Waals surface area contributed by atoms with Crippen molar-refractivity contribution in [3.8, 4) is 0 Å². The highest BCUT2D eigenvalue weighted by Crippen LogP contribution is 2.58. The summed E-state index contributed by atoms with van der Waals surface area (Å²) in [6, 6.07) is 0. The molecule has 0 saturated heterocycles. The maximum atomic E-state index is 6.95. The molecule has 0 bridgehead atoms. The fourth-order valence-corrected chi connectivity index (χ4v) is 7.14. The van der Waals surface area contributed by atoms with Crippen LogP contribution in [-0.2, 0) is 0 Å². The second-order valence-corrected chi connectivity index (χ2v) is 9.66. The van der Waals surface area contributed by atoms with Gasteiger partial charge in [0.15, 0.2) is 0 Å². The van der Waals surface area contributed by atoms with Crippen LogP contribution in [-0.4, -0.2) is 11.3 Å². The number of rotatable bonds is 2. The molecule has 0 spiro atoms. The van der Waals surface area contributed by atoms with Crippen LogP contribution in [0.4, 0.5) is 0 Å². The molecule has 2 heteroatoms. The molecule has 18 heavy (non-hydrogen) atoms. The molecule has 0 aliphatic heterocycles. The van der Waals surface area contributed by atoms with E-state index in [1.807, 2.05) is 0 Å². The Bertz CT molecular complexity index is 181. The Balaban J connectivity index is 1.83. The lowest BCUT2D eigenvalue weighted by Gasteiger charge is -2.31. The van der Waals surface area contributed by atoms with Gasteiger partial charge in [-0.05, 0) is 44.3 Å². The normalized spacial score (nSPS) is 26.3. The van der Waals surface area contributed by atoms with E-state index in [0.717, 1.165) is 11.3 Å². The molecule has 0 radical (unpaired) electrons. The first-order valence-electron chi connectivity index (χ1n) is 8.32. The van der Waals surface area contributed by atoms with Crippen molar-refractivity contribution in [2.45, 2.75) is 101 Å². The zero-order valence-electron chi connectivity index (χ0n) is 11.9. The minimum atomic E-state index is -0.202. The summed E-state index contributed by atoms with van der Waals surface area (Å²) in [6.45, 7) is 0. The number of hydrogen-bond acceptors (Lipinski definition) is 0. The Labute approximate surface area is 120 Å². The Morgan fingerprint density at radius 2 is 0.778 bits per heavy atom. The number of halogens is 1. The van der Waals surface area contributed by atoms with E-state index in [2.05, 4.69) is 0 Å². The molecule has 0 amide bonds. The summed E-state index contributed by atoms with van der Waals surface area (Å²) in [6.07, 6.45) is 20.3. The zero-order valence-corrected chi connectivity index (χ0v) is 13.5. The summed E-state index contributed by atoms with van der Waals surface area (Å²) in [5.41, 5.74) is 1.79. The van der Waals surface area contributed by atoms with Crippen molar-refractivity contribution < 1.29 is 0 Å². The van der Waals surface area contributed by atoms with Crippen LogP contribution in [0.15, 0.2) is 0 Å². The third kappa shape index (κ3) is 5.01. The molecule has 0 aromatic rings. The van der Waals surface area contributed by atoms with Crippen LogP contribution in [0.25, 0.3) is 0 Å². The highest BCUT2D eigenvalue weighted by atomic mass is 35.7. The summed E-state index contributed by atoms with van der Waals surface area (Å²) >= 11 is 6.95. The lowest BCUT2D eigenvalue weighted by molar-refractivity contribution is 0.492. The first-order chi connectivity index (χ1) is 8.88. The predicted molar refractivity (Wildman–Crippen MR) is 85.0 cm³/mol. The van der Waals surface area contributed by atoms with Gasteiger partial charge >= 0.3 is 0 Å². The van der Waals surface area contributed by atoms with E-state index in [0.29, 0.717) is 0 Å². The summed E-state index contributed by atoms with van der Waals surface area (Å²) in [5.74, 6) is 0. The average molecular weight is 289 g/mol. The number of hydrogen-bond donors (Lipinski definition) is 0. The SMILES string of the molecule is ClP(C1CCCCCCC1)C1CCCCCCC1. The standard InChI is InChI=1S/C16H30ClP/c17-18(15-11-7-3-1-4-8-12-15)16-13-9-5-2-6-10-14-16/h15-16H,1-14H2. The first kappa shape index (κ1) is 15.1. The Morgan fingerprint density at radius 1 is 0.500 bits per heavy atom. The molecule has 0 aromatic heterocycles. The van der Waals surface area contributed by atoms with Gasteiger partial charge in [0.25, 0.3) is 0 Å². The monoisotopic (exact) mass is 288 g/mol. The van der Waals surface area contributed by atoms with Gasteiger partial charge in [-0.1, -0.05) is 75.4 Å². The van der Waals surface area contributed by atoms with Crippen molar-refractivity contribution in [3.63, 3.8) is 0 Å². The minimum absolute atomic E-state index is 0.202. The van der Waals surface area contributed by atoms with Gasteiger partial charge in [0, 0.05) is 0 Å². The quantitative estimate of drug-likeness (QED) is 0.488. The van der Waals surface area contributed by atoms with E-state index in [1.54, 1.807) is 0 Å². The third-order valence-corrected chi connectivity index (χ3v) is 8.93. The van der Waals surface area contributed by atoms with Crippen LogP contribution < -0.4 is 0 Å². The lowest BCUT2D eigenvalue weighted by Crippen LogP contribution is -2.15. The first-order valence-corrected chi connectivity index (χ1v) is 10.7. The molecule has 0 unspecified atom stereocenters. The second-order valence-electron chi connectivity index (χ2n) is 6.34. The highest BCUT2D eigenvalue weighted by molar-refractivity contribution is 7.85. The van der Waals surface area contributed by atoms with E-state index in [4.69, 9.17) is 11.2 Å². The van der Waals surface area contributed by atoms with Gasteiger partial charge in [-0.25, -0.2) is 0 Å². The Morgan fingerprint density at radius 3 is 1.11 bits per heavy atom. The Kier molecular flexibility index (Phi) is 7.39. The smallest absolute Gasteiger partial charge is 0.00339 e. The fraction of sp³-hybridized carbons (Fsp3) is 1.00. The molecule has 0 nitrogen and oxygen atoms in total. The summed E-state index contributed by atoms with van der Waals surface area (Å²) in [4.78, 5) is 0. The van der Waals surface area contributed by atoms with Crippen LogP contribution in [0, 0.1) is 0 Å². The van der Waals surface area contributed by atoms with Crippen LogP contribution in [0.1, 0.15) is 89.9 Å². The topological polar surface area (TPSA) is 0 Å². The van der Waals surface area contributed by atoms with Gasteiger partial charge in [0.2, 0.25) is 0 Å². The van der Waals surface area contributed by atoms with Gasteiger partial charge in [0.05, 0.1) is 0 Å². The van der Waals surface area contributed by atoms with Crippen molar-refractivity contribution in [1.82, 2.24) is 0 Å². The summed E-state index contributed by atoms with van der Waals surface area (Å²) in [5, 5.41) is 0. The molecule has 2 rings (SSSR count). The van der Waals surface area contributed by atoms with E-state index in [-0.39, 0.29) is 7.27 Å². The van der Waals surface area contributed by atoms with E-state index >= 15 is 0 Å². The van der Waals surface area contributed by atoms with Gasteiger partial charge in [-0.2, -0.15) is 0 Å². The van der Waals surface area contributed by atoms with Crippen molar-refractivity contribution >= 4 is 18.5 Å². The summed E-state index contributed by atoms with van der Waals surface area (Å²) < 4.78 is 0. The van der Waals surface area contributed by atoms with Gasteiger partial charge in [0.1, 0.15) is 0 Å². The van der Waals surface area contributed by atoms with Crippen LogP contribution in [0.2, 0.25) is 0 Å². The maximum Gasteiger partial charge on any atom is -0.00339 e. The second kappa shape index (κ2) is 8.80. The largest absolute Gasteiger partial charge is 0.0958 e. The molecule has 0 heterocycles. The molecule has 2 aliphatic rings. The predicted octanol–water partition coefficient (Wildman–Crippen LogP) is 6.85. The molecular weight excluding hydrogens is 259 g/mol. The van der Waals surface area contributed by atoms with Gasteiger partial charge in [-0.3, -0.25) is 0 Å². The van der Waals surface area contributed by atoms with Crippen LogP contribution >= 0.6 is 18.5 Å². The highest BCUT2D eigenvalue weighted by Gasteiger charge is 2.27. The molecule has 2 fully saturated rings. The molecule has 0 N–H and O–H groups in total. The summed E-state index contributed by atoms with van der Waals surface area (Å²) in [7, 11) is -0.202. The molecule has 0 atom stereocenters. The van der Waals surface area contributed by atoms with E-state index in [9.17, 15) is 0 Å². The van der Waals surface area contributed by atoms with Gasteiger partial charge < -0.3 is 0 Å². The van der Waals surface area contributed by atoms with E-state index in [1.165, 1.54) is 89.9 Å². The molecule has 0 aromatic carbocycles. The lowest BCUT2D eigenvalue weighted by atomic mass is 10.00. The molecule has 106 valence electrons. The van der Waals surface area contributed by atoms with Crippen molar-refractivity contribution in [2.24, 2.45) is 0 Å². The van der Waals surface area contributed by atoms with Crippen LogP contribution in [0.3, 0.4) is 0 Å². The van der Waals surface area contributed by atoms with E-state index < -0.39 is 0 Å². The van der Waals surface area contributed by atoms with Crippen molar-refractivity contribution in [2.75, 3.05) is 0 Å². The van der Waals surface area contributed by atoms with Crippen molar-refractivity contribution in [1.29, 1.82) is 0 Å². The van der Waals surface area contributed by atoms with Gasteiger partial charge in [-0.15, -0.1) is 0 Å². The maximum absolute atomic E-state index is 6.95. The third-order valence-electron chi connectivity index (χ3n) is 4.85. The minimum Gasteiger partial charge on any atom is -0.0958 e. The molecule has 2 aliphatic carbocycles. The zero-order chi connectivity index (χ0) is 12.6. The Hall–Kier alpha value is 0.720.